The van der Waals surface area contributed by atoms with E-state index in [1.165, 1.54) is 31.2 Å². The third kappa shape index (κ3) is 3.58. The first-order valence-electron chi connectivity index (χ1n) is 7.46. The quantitative estimate of drug-likeness (QED) is 0.852. The summed E-state index contributed by atoms with van der Waals surface area (Å²) in [5.74, 6) is 2.52. The van der Waals surface area contributed by atoms with Gasteiger partial charge >= 0.3 is 0 Å². The molecular weight excluding hydrogens is 218 g/mol. The highest BCUT2D eigenvalue weighted by molar-refractivity contribution is 5.16. The van der Waals surface area contributed by atoms with E-state index in [1.807, 2.05) is 0 Å². The van der Waals surface area contributed by atoms with Gasteiger partial charge in [0.05, 0.1) is 0 Å². The Morgan fingerprint density at radius 1 is 1.00 bits per heavy atom. The summed E-state index contributed by atoms with van der Waals surface area (Å²) < 4.78 is 0. The Bertz CT molecular complexity index is 336. The molecule has 0 bridgehead atoms. The maximum absolute atomic E-state index is 6.40. The van der Waals surface area contributed by atoms with Crippen molar-refractivity contribution in [1.29, 1.82) is 0 Å². The molecule has 1 fully saturated rings. The molecule has 2 N–H and O–H groups in total. The number of benzene rings is 1. The topological polar surface area (TPSA) is 26.0 Å². The van der Waals surface area contributed by atoms with E-state index in [4.69, 9.17) is 5.73 Å². The molecule has 0 spiro atoms. The van der Waals surface area contributed by atoms with Crippen LogP contribution in [0.4, 0.5) is 0 Å². The van der Waals surface area contributed by atoms with Gasteiger partial charge < -0.3 is 5.73 Å². The van der Waals surface area contributed by atoms with E-state index in [0.717, 1.165) is 24.2 Å². The van der Waals surface area contributed by atoms with Crippen LogP contribution in [0.2, 0.25) is 0 Å². The van der Waals surface area contributed by atoms with Crippen LogP contribution in [0.1, 0.15) is 45.1 Å². The van der Waals surface area contributed by atoms with E-state index in [9.17, 15) is 0 Å². The van der Waals surface area contributed by atoms with Crippen molar-refractivity contribution < 1.29 is 0 Å². The molecule has 1 aliphatic carbocycles. The molecule has 1 aromatic carbocycles. The van der Waals surface area contributed by atoms with Gasteiger partial charge in [-0.15, -0.1) is 0 Å². The summed E-state index contributed by atoms with van der Waals surface area (Å²) in [5.41, 5.74) is 7.79. The molecule has 18 heavy (non-hydrogen) atoms. The van der Waals surface area contributed by atoms with Crippen LogP contribution in [0.15, 0.2) is 30.3 Å². The normalized spacial score (nSPS) is 26.2. The van der Waals surface area contributed by atoms with Crippen molar-refractivity contribution in [2.75, 3.05) is 0 Å². The first-order valence-corrected chi connectivity index (χ1v) is 7.46. The second-order valence-corrected chi connectivity index (χ2v) is 6.27. The SMILES string of the molecule is CC(C)C1CCC(C(N)Cc2ccccc2)CC1. The smallest absolute Gasteiger partial charge is 0.0108 e. The van der Waals surface area contributed by atoms with Crippen molar-refractivity contribution in [3.8, 4) is 0 Å². The van der Waals surface area contributed by atoms with Crippen LogP contribution in [0.3, 0.4) is 0 Å². The summed E-state index contributed by atoms with van der Waals surface area (Å²) in [6, 6.07) is 11.0. The van der Waals surface area contributed by atoms with E-state index in [2.05, 4.69) is 44.2 Å². The predicted molar refractivity (Wildman–Crippen MR) is 78.4 cm³/mol. The lowest BCUT2D eigenvalue weighted by Gasteiger charge is -2.34. The van der Waals surface area contributed by atoms with Crippen LogP contribution >= 0.6 is 0 Å². The van der Waals surface area contributed by atoms with Gasteiger partial charge in [0.15, 0.2) is 0 Å². The molecule has 0 radical (unpaired) electrons. The fourth-order valence-corrected chi connectivity index (χ4v) is 3.29. The molecule has 1 unspecified atom stereocenters. The van der Waals surface area contributed by atoms with Crippen LogP contribution < -0.4 is 5.73 Å². The van der Waals surface area contributed by atoms with Gasteiger partial charge in [-0.3, -0.25) is 0 Å². The highest BCUT2D eigenvalue weighted by Gasteiger charge is 2.26. The van der Waals surface area contributed by atoms with Crippen molar-refractivity contribution in [3.63, 3.8) is 0 Å². The molecular formula is C17H27N. The first kappa shape index (κ1) is 13.6. The maximum Gasteiger partial charge on any atom is 0.0108 e. The Kier molecular flexibility index (Phi) is 4.82. The molecule has 1 atom stereocenters. The number of hydrogen-bond acceptors (Lipinski definition) is 1. The van der Waals surface area contributed by atoms with Crippen molar-refractivity contribution in [2.45, 2.75) is 52.0 Å². The molecule has 0 heterocycles. The zero-order chi connectivity index (χ0) is 13.0. The molecule has 1 saturated carbocycles. The average Bonchev–Trinajstić information content (AvgIpc) is 2.40. The number of nitrogens with two attached hydrogens (primary N) is 1. The van der Waals surface area contributed by atoms with Crippen LogP contribution in [-0.2, 0) is 6.42 Å². The summed E-state index contributed by atoms with van der Waals surface area (Å²) in [4.78, 5) is 0. The van der Waals surface area contributed by atoms with Gasteiger partial charge in [0.25, 0.3) is 0 Å². The number of hydrogen-bond donors (Lipinski definition) is 1. The lowest BCUT2D eigenvalue weighted by Crippen LogP contribution is -2.35. The van der Waals surface area contributed by atoms with Gasteiger partial charge in [0.2, 0.25) is 0 Å². The summed E-state index contributed by atoms with van der Waals surface area (Å²) in [5, 5.41) is 0. The minimum absolute atomic E-state index is 0.348. The van der Waals surface area contributed by atoms with Crippen molar-refractivity contribution in [1.82, 2.24) is 0 Å². The van der Waals surface area contributed by atoms with Gasteiger partial charge in [-0.05, 0) is 55.4 Å². The van der Waals surface area contributed by atoms with Gasteiger partial charge in [0, 0.05) is 6.04 Å². The zero-order valence-electron chi connectivity index (χ0n) is 11.8. The standard InChI is InChI=1S/C17H27N/c1-13(2)15-8-10-16(11-9-15)17(18)12-14-6-4-3-5-7-14/h3-7,13,15-17H,8-12,18H2,1-2H3. The van der Waals surface area contributed by atoms with E-state index < -0.39 is 0 Å². The fraction of sp³-hybridized carbons (Fsp3) is 0.647. The molecule has 0 saturated heterocycles. The Morgan fingerprint density at radius 2 is 1.56 bits per heavy atom. The molecule has 1 heteroatoms. The van der Waals surface area contributed by atoms with E-state index >= 15 is 0 Å². The minimum Gasteiger partial charge on any atom is -0.327 e. The van der Waals surface area contributed by atoms with Gasteiger partial charge in [0.1, 0.15) is 0 Å². The molecule has 1 aliphatic rings. The second-order valence-electron chi connectivity index (χ2n) is 6.27. The van der Waals surface area contributed by atoms with Gasteiger partial charge in [-0.2, -0.15) is 0 Å². The lowest BCUT2D eigenvalue weighted by molar-refractivity contribution is 0.202. The van der Waals surface area contributed by atoms with Crippen LogP contribution in [0.5, 0.6) is 0 Å². The molecule has 0 amide bonds. The van der Waals surface area contributed by atoms with E-state index in [-0.39, 0.29) is 0 Å². The Balaban J connectivity index is 1.82. The van der Waals surface area contributed by atoms with Crippen molar-refractivity contribution >= 4 is 0 Å². The summed E-state index contributed by atoms with van der Waals surface area (Å²) in [6.07, 6.45) is 6.46. The molecule has 1 aromatic rings. The Labute approximate surface area is 112 Å². The predicted octanol–water partition coefficient (Wildman–Crippen LogP) is 4.02. The van der Waals surface area contributed by atoms with Gasteiger partial charge in [-0.25, -0.2) is 0 Å². The number of rotatable bonds is 4. The minimum atomic E-state index is 0.348. The maximum atomic E-state index is 6.40. The third-order valence-corrected chi connectivity index (χ3v) is 4.68. The van der Waals surface area contributed by atoms with E-state index in [1.54, 1.807) is 0 Å². The Hall–Kier alpha value is -0.820. The third-order valence-electron chi connectivity index (χ3n) is 4.68. The molecule has 1 nitrogen and oxygen atoms in total. The molecule has 2 rings (SSSR count). The molecule has 100 valence electrons. The van der Waals surface area contributed by atoms with Gasteiger partial charge in [-0.1, -0.05) is 44.2 Å². The second kappa shape index (κ2) is 6.38. The summed E-state index contributed by atoms with van der Waals surface area (Å²) in [7, 11) is 0. The Morgan fingerprint density at radius 3 is 2.11 bits per heavy atom. The molecule has 0 aromatic heterocycles. The fourth-order valence-electron chi connectivity index (χ4n) is 3.29. The van der Waals surface area contributed by atoms with Crippen molar-refractivity contribution in [3.05, 3.63) is 35.9 Å². The summed E-state index contributed by atoms with van der Waals surface area (Å²) in [6.45, 7) is 4.71. The highest BCUT2D eigenvalue weighted by atomic mass is 14.7. The van der Waals surface area contributed by atoms with Crippen LogP contribution in [0, 0.1) is 17.8 Å². The van der Waals surface area contributed by atoms with Crippen molar-refractivity contribution in [2.24, 2.45) is 23.5 Å². The monoisotopic (exact) mass is 245 g/mol. The largest absolute Gasteiger partial charge is 0.327 e. The zero-order valence-corrected chi connectivity index (χ0v) is 11.8. The lowest BCUT2D eigenvalue weighted by atomic mass is 9.74. The van der Waals surface area contributed by atoms with Crippen LogP contribution in [-0.4, -0.2) is 6.04 Å². The highest BCUT2D eigenvalue weighted by Crippen LogP contribution is 2.34. The summed E-state index contributed by atoms with van der Waals surface area (Å²) >= 11 is 0. The van der Waals surface area contributed by atoms with E-state index in [0.29, 0.717) is 6.04 Å². The first-order chi connectivity index (χ1) is 8.66. The molecule has 0 aliphatic heterocycles. The average molecular weight is 245 g/mol. The van der Waals surface area contributed by atoms with Crippen LogP contribution in [0.25, 0.3) is 0 Å².